The highest BCUT2D eigenvalue weighted by atomic mass is 32.1. The lowest BCUT2D eigenvalue weighted by atomic mass is 10.1. The molecule has 2 heterocycles. The monoisotopic (exact) mass is 462 g/mol. The molecular formula is C26H26N2O4S. The van der Waals surface area contributed by atoms with E-state index in [-0.39, 0.29) is 6.61 Å². The second-order valence-electron chi connectivity index (χ2n) is 8.69. The van der Waals surface area contributed by atoms with E-state index in [0.717, 1.165) is 21.3 Å². The van der Waals surface area contributed by atoms with E-state index in [4.69, 9.17) is 9.47 Å². The Hall–Kier alpha value is -3.58. The third-order valence-electron chi connectivity index (χ3n) is 4.94. The summed E-state index contributed by atoms with van der Waals surface area (Å²) in [7, 11) is 0. The molecule has 0 aliphatic carbocycles. The van der Waals surface area contributed by atoms with Gasteiger partial charge in [-0.2, -0.15) is 0 Å². The van der Waals surface area contributed by atoms with Crippen LogP contribution < -0.4 is 5.32 Å². The van der Waals surface area contributed by atoms with Gasteiger partial charge in [0.15, 0.2) is 0 Å². The van der Waals surface area contributed by atoms with Crippen molar-refractivity contribution in [3.63, 3.8) is 0 Å². The van der Waals surface area contributed by atoms with Gasteiger partial charge in [0.05, 0.1) is 21.6 Å². The highest BCUT2D eigenvalue weighted by molar-refractivity contribution is 7.17. The van der Waals surface area contributed by atoms with Crippen LogP contribution in [0.15, 0.2) is 66.0 Å². The van der Waals surface area contributed by atoms with Gasteiger partial charge < -0.3 is 14.0 Å². The standard InChI is InChI=1S/C26H26N2O4S/c1-17-9-8-12-19(27-25(30)32-26(2,3)4)23(17)28-20-13-14-33-22(20)15-21(28)24(29)31-16-18-10-6-5-7-11-18/h5-15H,16H2,1-4H3,(H,27,30). The summed E-state index contributed by atoms with van der Waals surface area (Å²) in [4.78, 5) is 25.7. The van der Waals surface area contributed by atoms with E-state index < -0.39 is 17.7 Å². The number of hydrogen-bond acceptors (Lipinski definition) is 5. The molecule has 170 valence electrons. The van der Waals surface area contributed by atoms with E-state index in [1.54, 1.807) is 17.4 Å². The summed E-state index contributed by atoms with van der Waals surface area (Å²) >= 11 is 1.54. The highest BCUT2D eigenvalue weighted by Gasteiger charge is 2.24. The first-order chi connectivity index (χ1) is 15.7. The summed E-state index contributed by atoms with van der Waals surface area (Å²) in [6, 6.07) is 18.9. The largest absolute Gasteiger partial charge is 0.456 e. The summed E-state index contributed by atoms with van der Waals surface area (Å²) in [5.74, 6) is -0.436. The minimum atomic E-state index is -0.630. The average molecular weight is 463 g/mol. The molecule has 4 rings (SSSR count). The number of carbonyl (C=O) groups is 2. The number of rotatable bonds is 5. The Morgan fingerprint density at radius 3 is 2.52 bits per heavy atom. The lowest BCUT2D eigenvalue weighted by Gasteiger charge is -2.22. The normalized spacial score (nSPS) is 11.4. The third kappa shape index (κ3) is 5.09. The van der Waals surface area contributed by atoms with E-state index in [1.807, 2.05) is 92.2 Å². The van der Waals surface area contributed by atoms with Gasteiger partial charge in [-0.25, -0.2) is 9.59 Å². The lowest BCUT2D eigenvalue weighted by molar-refractivity contribution is 0.0463. The predicted octanol–water partition coefficient (Wildman–Crippen LogP) is 6.70. The summed E-state index contributed by atoms with van der Waals surface area (Å²) in [5, 5.41) is 4.82. The Labute approximate surface area is 196 Å². The fourth-order valence-electron chi connectivity index (χ4n) is 3.58. The zero-order valence-corrected chi connectivity index (χ0v) is 19.9. The van der Waals surface area contributed by atoms with Gasteiger partial charge in [0, 0.05) is 0 Å². The maximum Gasteiger partial charge on any atom is 0.412 e. The van der Waals surface area contributed by atoms with Crippen molar-refractivity contribution in [3.8, 4) is 5.69 Å². The molecule has 4 aromatic rings. The molecule has 33 heavy (non-hydrogen) atoms. The fourth-order valence-corrected chi connectivity index (χ4v) is 4.39. The van der Waals surface area contributed by atoms with Gasteiger partial charge in [-0.15, -0.1) is 11.3 Å². The van der Waals surface area contributed by atoms with E-state index in [0.29, 0.717) is 17.1 Å². The number of carbonyl (C=O) groups excluding carboxylic acids is 2. The number of ether oxygens (including phenoxy) is 2. The number of aryl methyl sites for hydroxylation is 1. The first-order valence-electron chi connectivity index (χ1n) is 10.6. The van der Waals surface area contributed by atoms with Crippen LogP contribution in [0, 0.1) is 6.92 Å². The van der Waals surface area contributed by atoms with Gasteiger partial charge in [-0.3, -0.25) is 5.32 Å². The number of fused-ring (bicyclic) bond motifs is 1. The predicted molar refractivity (Wildman–Crippen MR) is 131 cm³/mol. The third-order valence-corrected chi connectivity index (χ3v) is 5.79. The Morgan fingerprint density at radius 2 is 1.79 bits per heavy atom. The molecule has 6 nitrogen and oxygen atoms in total. The number of nitrogens with one attached hydrogen (secondary N) is 1. The number of anilines is 1. The summed E-state index contributed by atoms with van der Waals surface area (Å²) < 4.78 is 13.9. The number of para-hydroxylation sites is 1. The number of aromatic nitrogens is 1. The summed E-state index contributed by atoms with van der Waals surface area (Å²) in [6.07, 6.45) is -0.559. The van der Waals surface area contributed by atoms with E-state index in [2.05, 4.69) is 5.32 Å². The van der Waals surface area contributed by atoms with Crippen molar-refractivity contribution >= 4 is 39.3 Å². The fraction of sp³-hybridized carbons (Fsp3) is 0.231. The van der Waals surface area contributed by atoms with Crippen molar-refractivity contribution in [1.29, 1.82) is 0 Å². The molecule has 0 saturated heterocycles. The Kier molecular flexibility index (Phi) is 6.24. The zero-order chi connectivity index (χ0) is 23.6. The van der Waals surface area contributed by atoms with Crippen LogP contribution in [0.1, 0.15) is 42.4 Å². The summed E-state index contributed by atoms with van der Waals surface area (Å²) in [5.41, 5.74) is 3.68. The van der Waals surface area contributed by atoms with Gasteiger partial charge in [0.25, 0.3) is 0 Å². The maximum absolute atomic E-state index is 13.2. The van der Waals surface area contributed by atoms with E-state index >= 15 is 0 Å². The smallest absolute Gasteiger partial charge is 0.412 e. The summed E-state index contributed by atoms with van der Waals surface area (Å²) in [6.45, 7) is 7.55. The Morgan fingerprint density at radius 1 is 1.03 bits per heavy atom. The Bertz CT molecular complexity index is 1300. The minimum absolute atomic E-state index is 0.176. The Balaban J connectivity index is 1.73. The topological polar surface area (TPSA) is 69.6 Å². The highest BCUT2D eigenvalue weighted by Crippen LogP contribution is 2.34. The molecule has 0 radical (unpaired) electrons. The van der Waals surface area contributed by atoms with Gasteiger partial charge in [-0.05, 0) is 62.4 Å². The molecule has 0 fully saturated rings. The number of nitrogens with zero attached hydrogens (tertiary/aromatic N) is 1. The van der Waals surface area contributed by atoms with Crippen molar-refractivity contribution in [3.05, 3.63) is 82.9 Å². The number of thiophene rings is 1. The molecule has 0 unspecified atom stereocenters. The molecule has 0 aliphatic rings. The molecule has 0 saturated carbocycles. The van der Waals surface area contributed by atoms with Gasteiger partial charge in [0.2, 0.25) is 0 Å². The van der Waals surface area contributed by atoms with Crippen molar-refractivity contribution in [2.24, 2.45) is 0 Å². The molecule has 1 amide bonds. The number of benzene rings is 2. The molecular weight excluding hydrogens is 436 g/mol. The number of hydrogen-bond donors (Lipinski definition) is 1. The first-order valence-corrected chi connectivity index (χ1v) is 11.5. The lowest BCUT2D eigenvalue weighted by Crippen LogP contribution is -2.27. The van der Waals surface area contributed by atoms with Gasteiger partial charge in [-0.1, -0.05) is 42.5 Å². The van der Waals surface area contributed by atoms with Crippen LogP contribution in [0.2, 0.25) is 0 Å². The van der Waals surface area contributed by atoms with Crippen LogP contribution in [0.3, 0.4) is 0 Å². The van der Waals surface area contributed by atoms with Crippen LogP contribution in [-0.4, -0.2) is 22.2 Å². The van der Waals surface area contributed by atoms with Crippen LogP contribution in [-0.2, 0) is 16.1 Å². The second-order valence-corrected chi connectivity index (χ2v) is 9.64. The first kappa shape index (κ1) is 22.6. The molecule has 7 heteroatoms. The number of esters is 1. The van der Waals surface area contributed by atoms with Crippen LogP contribution >= 0.6 is 11.3 Å². The van der Waals surface area contributed by atoms with Crippen molar-refractivity contribution in [2.75, 3.05) is 5.32 Å². The van der Waals surface area contributed by atoms with Crippen molar-refractivity contribution in [2.45, 2.75) is 39.9 Å². The van der Waals surface area contributed by atoms with Crippen molar-refractivity contribution in [1.82, 2.24) is 4.57 Å². The van der Waals surface area contributed by atoms with Crippen LogP contribution in [0.5, 0.6) is 0 Å². The van der Waals surface area contributed by atoms with E-state index in [1.165, 1.54) is 0 Å². The molecule has 2 aromatic heterocycles. The molecule has 0 spiro atoms. The molecule has 0 bridgehead atoms. The average Bonchev–Trinajstić information content (AvgIpc) is 3.33. The molecule has 0 aliphatic heterocycles. The minimum Gasteiger partial charge on any atom is -0.456 e. The van der Waals surface area contributed by atoms with Gasteiger partial charge >= 0.3 is 12.1 Å². The second kappa shape index (κ2) is 9.11. The SMILES string of the molecule is Cc1cccc(NC(=O)OC(C)(C)C)c1-n1c(C(=O)OCc2ccccc2)cc2sccc21. The molecule has 1 N–H and O–H groups in total. The quantitative estimate of drug-likeness (QED) is 0.335. The zero-order valence-electron chi connectivity index (χ0n) is 19.0. The van der Waals surface area contributed by atoms with Crippen molar-refractivity contribution < 1.29 is 19.1 Å². The van der Waals surface area contributed by atoms with Crippen LogP contribution in [0.4, 0.5) is 10.5 Å². The van der Waals surface area contributed by atoms with Crippen LogP contribution in [0.25, 0.3) is 15.9 Å². The maximum atomic E-state index is 13.2. The molecule has 0 atom stereocenters. The van der Waals surface area contributed by atoms with E-state index in [9.17, 15) is 9.59 Å². The molecule has 2 aromatic carbocycles. The van der Waals surface area contributed by atoms with Gasteiger partial charge in [0.1, 0.15) is 17.9 Å². The number of amides is 1.